The highest BCUT2D eigenvalue weighted by Gasteiger charge is 2.06. The fourth-order valence-corrected chi connectivity index (χ4v) is 2.36. The second-order valence-electron chi connectivity index (χ2n) is 4.77. The van der Waals surface area contributed by atoms with Crippen LogP contribution in [0.4, 0.5) is 0 Å². The van der Waals surface area contributed by atoms with Gasteiger partial charge in [-0.25, -0.2) is 0 Å². The molecule has 0 nitrogen and oxygen atoms in total. The predicted octanol–water partition coefficient (Wildman–Crippen LogP) is 5.89. The lowest BCUT2D eigenvalue weighted by atomic mass is 10.0. The lowest BCUT2D eigenvalue weighted by Crippen LogP contribution is -1.92. The maximum absolute atomic E-state index is 6.41. The molecule has 0 aliphatic heterocycles. The Kier molecular flexibility index (Phi) is 7.35. The van der Waals surface area contributed by atoms with Crippen LogP contribution in [0.2, 0.25) is 0 Å². The van der Waals surface area contributed by atoms with Crippen molar-refractivity contribution >= 4 is 11.6 Å². The molecule has 17 heavy (non-hydrogen) atoms. The van der Waals surface area contributed by atoms with E-state index in [1.54, 1.807) is 0 Å². The SMILES string of the molecule is CCCCCCCC(Cl)c1ccc(CC)cc1. The molecule has 1 aromatic rings. The van der Waals surface area contributed by atoms with Gasteiger partial charge in [-0.15, -0.1) is 11.6 Å². The van der Waals surface area contributed by atoms with Crippen molar-refractivity contribution < 1.29 is 0 Å². The topological polar surface area (TPSA) is 0 Å². The van der Waals surface area contributed by atoms with Gasteiger partial charge >= 0.3 is 0 Å². The highest BCUT2D eigenvalue weighted by Crippen LogP contribution is 2.27. The summed E-state index contributed by atoms with van der Waals surface area (Å²) < 4.78 is 0. The summed E-state index contributed by atoms with van der Waals surface area (Å²) in [6.45, 7) is 4.43. The molecule has 0 aromatic heterocycles. The number of hydrogen-bond donors (Lipinski definition) is 0. The van der Waals surface area contributed by atoms with Crippen LogP contribution in [0.1, 0.15) is 68.9 Å². The van der Waals surface area contributed by atoms with Crippen LogP contribution >= 0.6 is 11.6 Å². The van der Waals surface area contributed by atoms with Crippen LogP contribution in [0.5, 0.6) is 0 Å². The predicted molar refractivity (Wildman–Crippen MR) is 77.8 cm³/mol. The molecule has 0 amide bonds. The summed E-state index contributed by atoms with van der Waals surface area (Å²) in [4.78, 5) is 0. The third-order valence-corrected chi connectivity index (χ3v) is 3.78. The average molecular weight is 253 g/mol. The second-order valence-corrected chi connectivity index (χ2v) is 5.29. The molecule has 1 unspecified atom stereocenters. The molecular formula is C16H25Cl. The Balaban J connectivity index is 2.28. The minimum Gasteiger partial charge on any atom is -0.118 e. The van der Waals surface area contributed by atoms with Gasteiger partial charge in [0.2, 0.25) is 0 Å². The number of hydrogen-bond acceptors (Lipinski definition) is 0. The highest BCUT2D eigenvalue weighted by atomic mass is 35.5. The summed E-state index contributed by atoms with van der Waals surface area (Å²) in [7, 11) is 0. The van der Waals surface area contributed by atoms with E-state index in [0.29, 0.717) is 0 Å². The van der Waals surface area contributed by atoms with Crippen LogP contribution < -0.4 is 0 Å². The molecule has 1 rings (SSSR count). The van der Waals surface area contributed by atoms with Gasteiger partial charge in [-0.1, -0.05) is 70.2 Å². The number of unbranched alkanes of at least 4 members (excludes halogenated alkanes) is 4. The van der Waals surface area contributed by atoms with E-state index < -0.39 is 0 Å². The van der Waals surface area contributed by atoms with Gasteiger partial charge < -0.3 is 0 Å². The number of halogens is 1. The van der Waals surface area contributed by atoms with Crippen molar-refractivity contribution in [3.05, 3.63) is 35.4 Å². The third kappa shape index (κ3) is 5.59. The summed E-state index contributed by atoms with van der Waals surface area (Å²) in [5.41, 5.74) is 2.67. The van der Waals surface area contributed by atoms with Gasteiger partial charge in [-0.05, 0) is 24.0 Å². The van der Waals surface area contributed by atoms with E-state index in [-0.39, 0.29) is 5.38 Å². The monoisotopic (exact) mass is 252 g/mol. The number of aryl methyl sites for hydroxylation is 1. The largest absolute Gasteiger partial charge is 0.118 e. The normalized spacial score (nSPS) is 12.6. The summed E-state index contributed by atoms with van der Waals surface area (Å²) >= 11 is 6.41. The van der Waals surface area contributed by atoms with Crippen molar-refractivity contribution in [1.82, 2.24) is 0 Å². The van der Waals surface area contributed by atoms with Crippen LogP contribution in [0.3, 0.4) is 0 Å². The van der Waals surface area contributed by atoms with Crippen LogP contribution in [-0.2, 0) is 6.42 Å². The lowest BCUT2D eigenvalue weighted by molar-refractivity contribution is 0.601. The van der Waals surface area contributed by atoms with Crippen LogP contribution in [0.15, 0.2) is 24.3 Å². The molecule has 0 saturated heterocycles. The molecule has 0 aliphatic rings. The highest BCUT2D eigenvalue weighted by molar-refractivity contribution is 6.20. The Labute approximate surface area is 111 Å². The summed E-state index contributed by atoms with van der Waals surface area (Å²) in [5.74, 6) is 0. The first-order valence-corrected chi connectivity index (χ1v) is 7.44. The molecule has 1 aromatic carbocycles. The van der Waals surface area contributed by atoms with E-state index in [2.05, 4.69) is 38.1 Å². The van der Waals surface area contributed by atoms with Crippen molar-refractivity contribution in [2.45, 2.75) is 64.2 Å². The molecule has 0 bridgehead atoms. The maximum Gasteiger partial charge on any atom is 0.0585 e. The minimum atomic E-state index is 0.197. The van der Waals surface area contributed by atoms with E-state index in [9.17, 15) is 0 Å². The Morgan fingerprint density at radius 1 is 0.941 bits per heavy atom. The summed E-state index contributed by atoms with van der Waals surface area (Å²) in [5, 5.41) is 0.197. The zero-order chi connectivity index (χ0) is 12.5. The Hall–Kier alpha value is -0.490. The van der Waals surface area contributed by atoms with Crippen molar-refractivity contribution in [3.8, 4) is 0 Å². The first kappa shape index (κ1) is 14.6. The zero-order valence-corrected chi connectivity index (χ0v) is 12.0. The summed E-state index contributed by atoms with van der Waals surface area (Å²) in [6, 6.07) is 8.76. The van der Waals surface area contributed by atoms with E-state index in [1.165, 1.54) is 43.2 Å². The Morgan fingerprint density at radius 3 is 2.18 bits per heavy atom. The molecule has 0 fully saturated rings. The van der Waals surface area contributed by atoms with E-state index in [4.69, 9.17) is 11.6 Å². The lowest BCUT2D eigenvalue weighted by Gasteiger charge is -2.10. The molecule has 1 heteroatoms. The second kappa shape index (κ2) is 8.58. The van der Waals surface area contributed by atoms with Gasteiger partial charge in [0.25, 0.3) is 0 Å². The van der Waals surface area contributed by atoms with Gasteiger partial charge in [0.1, 0.15) is 0 Å². The molecule has 0 saturated carbocycles. The van der Waals surface area contributed by atoms with Crippen molar-refractivity contribution in [1.29, 1.82) is 0 Å². The van der Waals surface area contributed by atoms with Gasteiger partial charge in [0.05, 0.1) is 5.38 Å². The van der Waals surface area contributed by atoms with Crippen molar-refractivity contribution in [2.24, 2.45) is 0 Å². The molecule has 0 N–H and O–H groups in total. The van der Waals surface area contributed by atoms with E-state index in [1.807, 2.05) is 0 Å². The van der Waals surface area contributed by atoms with Gasteiger partial charge in [0.15, 0.2) is 0 Å². The van der Waals surface area contributed by atoms with Gasteiger partial charge in [0, 0.05) is 0 Å². The molecule has 0 heterocycles. The average Bonchev–Trinajstić information content (AvgIpc) is 2.38. The van der Waals surface area contributed by atoms with Crippen LogP contribution in [-0.4, -0.2) is 0 Å². The standard InChI is InChI=1S/C16H25Cl/c1-3-5-6-7-8-9-16(17)15-12-10-14(4-2)11-13-15/h10-13,16H,3-9H2,1-2H3. The number of rotatable bonds is 8. The van der Waals surface area contributed by atoms with Gasteiger partial charge in [-0.3, -0.25) is 0 Å². The Morgan fingerprint density at radius 2 is 1.59 bits per heavy atom. The minimum absolute atomic E-state index is 0.197. The van der Waals surface area contributed by atoms with Gasteiger partial charge in [-0.2, -0.15) is 0 Å². The van der Waals surface area contributed by atoms with Crippen LogP contribution in [0, 0.1) is 0 Å². The smallest absolute Gasteiger partial charge is 0.0585 e. The fourth-order valence-electron chi connectivity index (χ4n) is 2.06. The fraction of sp³-hybridized carbons (Fsp3) is 0.625. The number of alkyl halides is 1. The number of benzene rings is 1. The van der Waals surface area contributed by atoms with Crippen LogP contribution in [0.25, 0.3) is 0 Å². The maximum atomic E-state index is 6.41. The Bertz CT molecular complexity index is 289. The van der Waals surface area contributed by atoms with E-state index >= 15 is 0 Å². The van der Waals surface area contributed by atoms with E-state index in [0.717, 1.165) is 12.8 Å². The quantitative estimate of drug-likeness (QED) is 0.400. The molecule has 0 radical (unpaired) electrons. The first-order valence-electron chi connectivity index (χ1n) is 7.00. The molecule has 96 valence electrons. The molecule has 0 spiro atoms. The van der Waals surface area contributed by atoms with Crippen molar-refractivity contribution in [3.63, 3.8) is 0 Å². The third-order valence-electron chi connectivity index (χ3n) is 3.31. The zero-order valence-electron chi connectivity index (χ0n) is 11.2. The molecule has 0 aliphatic carbocycles. The van der Waals surface area contributed by atoms with Crippen molar-refractivity contribution in [2.75, 3.05) is 0 Å². The first-order chi connectivity index (χ1) is 8.27. The summed E-state index contributed by atoms with van der Waals surface area (Å²) in [6.07, 6.45) is 8.81. The molecule has 1 atom stereocenters. The molecular weight excluding hydrogens is 228 g/mol.